The first-order chi connectivity index (χ1) is 8.26. The lowest BCUT2D eigenvalue weighted by molar-refractivity contribution is -0.126. The molecule has 3 unspecified atom stereocenters. The number of ketones is 1. The van der Waals surface area contributed by atoms with E-state index >= 15 is 0 Å². The molecule has 0 amide bonds. The SMILES string of the molecule is N#CC(C#N)C(=O)C1CCC2CCCCC2C1. The van der Waals surface area contributed by atoms with E-state index < -0.39 is 5.92 Å². The molecule has 0 aromatic heterocycles. The molecule has 0 aliphatic heterocycles. The molecule has 17 heavy (non-hydrogen) atoms. The van der Waals surface area contributed by atoms with Crippen LogP contribution in [0.4, 0.5) is 0 Å². The van der Waals surface area contributed by atoms with E-state index in [1.54, 1.807) is 0 Å². The summed E-state index contributed by atoms with van der Waals surface area (Å²) >= 11 is 0. The van der Waals surface area contributed by atoms with Gasteiger partial charge in [0.2, 0.25) is 0 Å². The number of carbonyl (C=O) groups is 1. The second kappa shape index (κ2) is 5.32. The third-order valence-electron chi connectivity index (χ3n) is 4.48. The summed E-state index contributed by atoms with van der Waals surface area (Å²) in [5.41, 5.74) is 0. The molecular formula is C14H18N2O. The second-order valence-electron chi connectivity index (χ2n) is 5.41. The van der Waals surface area contributed by atoms with Gasteiger partial charge in [-0.15, -0.1) is 0 Å². The Labute approximate surface area is 102 Å². The van der Waals surface area contributed by atoms with Crippen molar-refractivity contribution in [2.24, 2.45) is 23.7 Å². The van der Waals surface area contributed by atoms with E-state index in [1.807, 2.05) is 12.1 Å². The van der Waals surface area contributed by atoms with Crippen molar-refractivity contribution in [3.05, 3.63) is 0 Å². The van der Waals surface area contributed by atoms with Gasteiger partial charge in [0.1, 0.15) is 0 Å². The molecule has 2 saturated carbocycles. The molecule has 0 spiro atoms. The van der Waals surface area contributed by atoms with Crippen LogP contribution >= 0.6 is 0 Å². The van der Waals surface area contributed by atoms with Crippen LogP contribution in [0.5, 0.6) is 0 Å². The van der Waals surface area contributed by atoms with Gasteiger partial charge >= 0.3 is 0 Å². The maximum absolute atomic E-state index is 12.0. The Hall–Kier alpha value is -1.35. The molecule has 0 aromatic carbocycles. The number of nitriles is 2. The van der Waals surface area contributed by atoms with Crippen LogP contribution in [0.15, 0.2) is 0 Å². The van der Waals surface area contributed by atoms with Gasteiger partial charge in [0.05, 0.1) is 12.1 Å². The molecule has 0 aromatic rings. The van der Waals surface area contributed by atoms with Crippen LogP contribution in [0.1, 0.15) is 44.9 Å². The normalized spacial score (nSPS) is 32.3. The number of Topliss-reactive ketones (excluding diaryl/α,β-unsaturated/α-hetero) is 1. The molecule has 0 heterocycles. The zero-order valence-corrected chi connectivity index (χ0v) is 10.1. The minimum atomic E-state index is -1.04. The summed E-state index contributed by atoms with van der Waals surface area (Å²) < 4.78 is 0. The molecule has 0 saturated heterocycles. The van der Waals surface area contributed by atoms with Gasteiger partial charge in [0.25, 0.3) is 0 Å². The van der Waals surface area contributed by atoms with E-state index in [0.29, 0.717) is 5.92 Å². The fraction of sp³-hybridized carbons (Fsp3) is 0.786. The van der Waals surface area contributed by atoms with Crippen LogP contribution < -0.4 is 0 Å². The fourth-order valence-corrected chi connectivity index (χ4v) is 3.52. The molecule has 0 N–H and O–H groups in total. The van der Waals surface area contributed by atoms with Crippen LogP contribution in [-0.4, -0.2) is 5.78 Å². The molecule has 2 aliphatic rings. The van der Waals surface area contributed by atoms with Crippen molar-refractivity contribution in [3.63, 3.8) is 0 Å². The predicted octanol–water partition coefficient (Wildman–Crippen LogP) is 2.83. The average Bonchev–Trinajstić information content (AvgIpc) is 2.39. The first kappa shape index (κ1) is 12.1. The number of carbonyl (C=O) groups excluding carboxylic acids is 1. The van der Waals surface area contributed by atoms with Crippen LogP contribution in [0.2, 0.25) is 0 Å². The van der Waals surface area contributed by atoms with Gasteiger partial charge in [-0.1, -0.05) is 25.7 Å². The van der Waals surface area contributed by atoms with Gasteiger partial charge in [-0.05, 0) is 31.1 Å². The standard InChI is InChI=1S/C14H18N2O/c15-8-13(9-16)14(17)12-6-5-10-3-1-2-4-11(10)7-12/h10-13H,1-7H2. The van der Waals surface area contributed by atoms with Gasteiger partial charge in [-0.25, -0.2) is 0 Å². The highest BCUT2D eigenvalue weighted by atomic mass is 16.1. The summed E-state index contributed by atoms with van der Waals surface area (Å²) in [4.78, 5) is 12.0. The Balaban J connectivity index is 1.98. The molecular weight excluding hydrogens is 212 g/mol. The van der Waals surface area contributed by atoms with E-state index in [2.05, 4.69) is 0 Å². The van der Waals surface area contributed by atoms with Crippen LogP contribution in [-0.2, 0) is 4.79 Å². The summed E-state index contributed by atoms with van der Waals surface area (Å²) in [5, 5.41) is 17.5. The fourth-order valence-electron chi connectivity index (χ4n) is 3.52. The zero-order chi connectivity index (χ0) is 12.3. The number of fused-ring (bicyclic) bond motifs is 1. The Morgan fingerprint density at radius 3 is 2.29 bits per heavy atom. The smallest absolute Gasteiger partial charge is 0.191 e. The van der Waals surface area contributed by atoms with Crippen LogP contribution in [0.25, 0.3) is 0 Å². The van der Waals surface area contributed by atoms with Crippen molar-refractivity contribution in [3.8, 4) is 12.1 Å². The van der Waals surface area contributed by atoms with Crippen molar-refractivity contribution in [2.75, 3.05) is 0 Å². The summed E-state index contributed by atoms with van der Waals surface area (Å²) in [7, 11) is 0. The average molecular weight is 230 g/mol. The number of nitrogens with zero attached hydrogens (tertiary/aromatic N) is 2. The number of rotatable bonds is 2. The number of hydrogen-bond acceptors (Lipinski definition) is 3. The monoisotopic (exact) mass is 230 g/mol. The van der Waals surface area contributed by atoms with Crippen molar-refractivity contribution < 1.29 is 4.79 Å². The largest absolute Gasteiger partial charge is 0.297 e. The van der Waals surface area contributed by atoms with Crippen LogP contribution in [0.3, 0.4) is 0 Å². The summed E-state index contributed by atoms with van der Waals surface area (Å²) in [5.74, 6) is 0.276. The summed E-state index contributed by atoms with van der Waals surface area (Å²) in [6.07, 6.45) is 8.08. The third kappa shape index (κ3) is 2.50. The summed E-state index contributed by atoms with van der Waals surface area (Å²) in [6, 6.07) is 3.62. The van der Waals surface area contributed by atoms with Crippen molar-refractivity contribution in [2.45, 2.75) is 44.9 Å². The lowest BCUT2D eigenvalue weighted by atomic mass is 9.66. The van der Waals surface area contributed by atoms with Gasteiger partial charge in [-0.3, -0.25) is 4.79 Å². The van der Waals surface area contributed by atoms with Gasteiger partial charge in [0, 0.05) is 5.92 Å². The molecule has 3 atom stereocenters. The van der Waals surface area contributed by atoms with Crippen LogP contribution in [0, 0.1) is 46.3 Å². The Morgan fingerprint density at radius 2 is 1.65 bits per heavy atom. The lowest BCUT2D eigenvalue weighted by Gasteiger charge is -2.38. The second-order valence-corrected chi connectivity index (χ2v) is 5.41. The first-order valence-corrected chi connectivity index (χ1v) is 6.59. The Kier molecular flexibility index (Phi) is 3.79. The van der Waals surface area contributed by atoms with E-state index in [1.165, 1.54) is 25.7 Å². The molecule has 3 heteroatoms. The molecule has 2 fully saturated rings. The third-order valence-corrected chi connectivity index (χ3v) is 4.48. The topological polar surface area (TPSA) is 64.7 Å². The maximum Gasteiger partial charge on any atom is 0.191 e. The van der Waals surface area contributed by atoms with E-state index in [4.69, 9.17) is 10.5 Å². The molecule has 0 radical (unpaired) electrons. The van der Waals surface area contributed by atoms with E-state index in [-0.39, 0.29) is 11.7 Å². The Morgan fingerprint density at radius 1 is 1.00 bits per heavy atom. The van der Waals surface area contributed by atoms with Gasteiger partial charge in [0.15, 0.2) is 11.7 Å². The predicted molar refractivity (Wildman–Crippen MR) is 62.5 cm³/mol. The minimum absolute atomic E-state index is 0.0290. The molecule has 0 bridgehead atoms. The molecule has 3 nitrogen and oxygen atoms in total. The molecule has 90 valence electrons. The van der Waals surface area contributed by atoms with Gasteiger partial charge in [-0.2, -0.15) is 10.5 Å². The molecule has 2 aliphatic carbocycles. The molecule has 2 rings (SSSR count). The number of hydrogen-bond donors (Lipinski definition) is 0. The zero-order valence-electron chi connectivity index (χ0n) is 10.1. The minimum Gasteiger partial charge on any atom is -0.297 e. The van der Waals surface area contributed by atoms with Crippen molar-refractivity contribution in [1.82, 2.24) is 0 Å². The van der Waals surface area contributed by atoms with Crippen molar-refractivity contribution >= 4 is 5.78 Å². The first-order valence-electron chi connectivity index (χ1n) is 6.59. The highest BCUT2D eigenvalue weighted by molar-refractivity contribution is 5.87. The van der Waals surface area contributed by atoms with E-state index in [9.17, 15) is 4.79 Å². The highest BCUT2D eigenvalue weighted by Crippen LogP contribution is 2.43. The Bertz CT molecular complexity index is 363. The lowest BCUT2D eigenvalue weighted by Crippen LogP contribution is -2.33. The van der Waals surface area contributed by atoms with Gasteiger partial charge < -0.3 is 0 Å². The quantitative estimate of drug-likeness (QED) is 0.732. The summed E-state index contributed by atoms with van der Waals surface area (Å²) in [6.45, 7) is 0. The highest BCUT2D eigenvalue weighted by Gasteiger charge is 2.37. The maximum atomic E-state index is 12.0. The van der Waals surface area contributed by atoms with Crippen molar-refractivity contribution in [1.29, 1.82) is 10.5 Å². The van der Waals surface area contributed by atoms with E-state index in [0.717, 1.165) is 25.2 Å².